The van der Waals surface area contributed by atoms with E-state index in [2.05, 4.69) is 5.32 Å². The second kappa shape index (κ2) is 4.12. The first kappa shape index (κ1) is 10.9. The molecular formula is C12H22N2O. The van der Waals surface area contributed by atoms with Gasteiger partial charge in [-0.05, 0) is 43.4 Å². The molecule has 0 aromatic rings. The third-order valence-electron chi connectivity index (χ3n) is 3.59. The molecule has 2 fully saturated rings. The summed E-state index contributed by atoms with van der Waals surface area (Å²) >= 11 is 0. The third kappa shape index (κ3) is 2.71. The van der Waals surface area contributed by atoms with Crippen molar-refractivity contribution >= 4 is 5.91 Å². The predicted octanol–water partition coefficient (Wildman–Crippen LogP) is 1.27. The van der Waals surface area contributed by atoms with Crippen molar-refractivity contribution in [2.75, 3.05) is 0 Å². The van der Waals surface area contributed by atoms with Gasteiger partial charge < -0.3 is 11.1 Å². The van der Waals surface area contributed by atoms with Gasteiger partial charge in [0.2, 0.25) is 5.91 Å². The van der Waals surface area contributed by atoms with Gasteiger partial charge in [0.15, 0.2) is 0 Å². The van der Waals surface area contributed by atoms with Crippen LogP contribution in [0.4, 0.5) is 0 Å². The maximum atomic E-state index is 11.8. The minimum absolute atomic E-state index is 0.0498. The molecule has 0 unspecified atom stereocenters. The summed E-state index contributed by atoms with van der Waals surface area (Å²) in [5.41, 5.74) is 5.84. The van der Waals surface area contributed by atoms with Crippen LogP contribution in [0.2, 0.25) is 0 Å². The van der Waals surface area contributed by atoms with E-state index in [4.69, 9.17) is 5.73 Å². The van der Waals surface area contributed by atoms with Crippen LogP contribution >= 0.6 is 0 Å². The molecule has 2 saturated carbocycles. The Balaban J connectivity index is 1.85. The van der Waals surface area contributed by atoms with Gasteiger partial charge in [-0.2, -0.15) is 0 Å². The van der Waals surface area contributed by atoms with Gasteiger partial charge in [0.05, 0.1) is 6.04 Å². The summed E-state index contributed by atoms with van der Waals surface area (Å²) in [6, 6.07) is 0.0901. The van der Waals surface area contributed by atoms with Crippen LogP contribution in [0.15, 0.2) is 0 Å². The van der Waals surface area contributed by atoms with E-state index in [-0.39, 0.29) is 17.9 Å². The maximum Gasteiger partial charge on any atom is 0.237 e. The zero-order valence-electron chi connectivity index (χ0n) is 9.70. The maximum absolute atomic E-state index is 11.8. The van der Waals surface area contributed by atoms with Gasteiger partial charge in [-0.1, -0.05) is 13.8 Å². The van der Waals surface area contributed by atoms with E-state index in [9.17, 15) is 4.79 Å². The molecule has 2 aliphatic rings. The summed E-state index contributed by atoms with van der Waals surface area (Å²) in [4.78, 5) is 11.8. The van der Waals surface area contributed by atoms with E-state index in [1.165, 1.54) is 25.7 Å². The lowest BCUT2D eigenvalue weighted by atomic mass is 10.0. The Labute approximate surface area is 91.8 Å². The van der Waals surface area contributed by atoms with Gasteiger partial charge in [-0.3, -0.25) is 4.79 Å². The molecule has 0 aliphatic heterocycles. The summed E-state index contributed by atoms with van der Waals surface area (Å²) in [6.07, 6.45) is 5.16. The van der Waals surface area contributed by atoms with E-state index >= 15 is 0 Å². The zero-order valence-corrected chi connectivity index (χ0v) is 9.70. The standard InChI is InChI=1S/C12H22N2O/c1-7(2)10(13)12(15)14-11(8-3-4-8)9-5-6-9/h7-11H,3-6,13H2,1-2H3,(H,14,15)/t10-/m0/s1. The van der Waals surface area contributed by atoms with Crippen molar-refractivity contribution in [2.24, 2.45) is 23.5 Å². The van der Waals surface area contributed by atoms with Crippen LogP contribution in [0.3, 0.4) is 0 Å². The molecule has 0 heterocycles. The van der Waals surface area contributed by atoms with Crippen LogP contribution in [0.5, 0.6) is 0 Å². The topological polar surface area (TPSA) is 55.1 Å². The minimum atomic E-state index is -0.343. The number of carbonyl (C=O) groups excluding carboxylic acids is 1. The molecule has 15 heavy (non-hydrogen) atoms. The van der Waals surface area contributed by atoms with Crippen LogP contribution in [0.25, 0.3) is 0 Å². The van der Waals surface area contributed by atoms with Crippen molar-refractivity contribution in [1.82, 2.24) is 5.32 Å². The summed E-state index contributed by atoms with van der Waals surface area (Å²) in [5.74, 6) is 1.78. The van der Waals surface area contributed by atoms with Gasteiger partial charge in [0.1, 0.15) is 0 Å². The summed E-state index contributed by atoms with van der Waals surface area (Å²) in [5, 5.41) is 3.16. The van der Waals surface area contributed by atoms with Gasteiger partial charge in [-0.15, -0.1) is 0 Å². The number of carbonyl (C=O) groups is 1. The molecule has 0 aromatic heterocycles. The molecular weight excluding hydrogens is 188 g/mol. The van der Waals surface area contributed by atoms with E-state index in [1.807, 2.05) is 13.8 Å². The number of nitrogens with two attached hydrogens (primary N) is 1. The van der Waals surface area contributed by atoms with E-state index in [1.54, 1.807) is 0 Å². The van der Waals surface area contributed by atoms with Crippen molar-refractivity contribution in [3.05, 3.63) is 0 Å². The van der Waals surface area contributed by atoms with Crippen LogP contribution < -0.4 is 11.1 Å². The van der Waals surface area contributed by atoms with Crippen LogP contribution in [0, 0.1) is 17.8 Å². The lowest BCUT2D eigenvalue weighted by Gasteiger charge is -2.22. The van der Waals surface area contributed by atoms with Crippen LogP contribution in [-0.4, -0.2) is 18.0 Å². The highest BCUT2D eigenvalue weighted by molar-refractivity contribution is 5.82. The van der Waals surface area contributed by atoms with Crippen LogP contribution in [-0.2, 0) is 4.79 Å². The monoisotopic (exact) mass is 210 g/mol. The van der Waals surface area contributed by atoms with E-state index in [0.29, 0.717) is 6.04 Å². The molecule has 2 rings (SSSR count). The number of rotatable bonds is 5. The average Bonchev–Trinajstić information content (AvgIpc) is 3.03. The molecule has 0 aromatic carbocycles. The van der Waals surface area contributed by atoms with Crippen molar-refractivity contribution in [2.45, 2.75) is 51.6 Å². The molecule has 0 bridgehead atoms. The fourth-order valence-electron chi connectivity index (χ4n) is 2.09. The molecule has 1 amide bonds. The fraction of sp³-hybridized carbons (Fsp3) is 0.917. The zero-order chi connectivity index (χ0) is 11.0. The van der Waals surface area contributed by atoms with Crippen LogP contribution in [0.1, 0.15) is 39.5 Å². The lowest BCUT2D eigenvalue weighted by molar-refractivity contribution is -0.124. The van der Waals surface area contributed by atoms with Crippen molar-refractivity contribution in [1.29, 1.82) is 0 Å². The molecule has 3 nitrogen and oxygen atoms in total. The first-order chi connectivity index (χ1) is 7.09. The number of nitrogens with one attached hydrogen (secondary N) is 1. The Morgan fingerprint density at radius 3 is 2.00 bits per heavy atom. The molecule has 0 radical (unpaired) electrons. The second-order valence-corrected chi connectivity index (χ2v) is 5.48. The average molecular weight is 210 g/mol. The van der Waals surface area contributed by atoms with Crippen molar-refractivity contribution < 1.29 is 4.79 Å². The Morgan fingerprint density at radius 2 is 1.67 bits per heavy atom. The van der Waals surface area contributed by atoms with Gasteiger partial charge in [0.25, 0.3) is 0 Å². The predicted molar refractivity (Wildman–Crippen MR) is 60.2 cm³/mol. The number of hydrogen-bond acceptors (Lipinski definition) is 2. The molecule has 0 saturated heterocycles. The Kier molecular flexibility index (Phi) is 3.01. The Hall–Kier alpha value is -0.570. The summed E-state index contributed by atoms with van der Waals surface area (Å²) in [7, 11) is 0. The van der Waals surface area contributed by atoms with E-state index in [0.717, 1.165) is 11.8 Å². The molecule has 3 heteroatoms. The van der Waals surface area contributed by atoms with Crippen molar-refractivity contribution in [3.8, 4) is 0 Å². The first-order valence-corrected chi connectivity index (χ1v) is 6.15. The molecule has 3 N–H and O–H groups in total. The highest BCUT2D eigenvalue weighted by Crippen LogP contribution is 2.44. The fourth-order valence-corrected chi connectivity index (χ4v) is 2.09. The van der Waals surface area contributed by atoms with Crippen molar-refractivity contribution in [3.63, 3.8) is 0 Å². The largest absolute Gasteiger partial charge is 0.351 e. The number of amides is 1. The van der Waals surface area contributed by atoms with E-state index < -0.39 is 0 Å². The quantitative estimate of drug-likeness (QED) is 0.718. The second-order valence-electron chi connectivity index (χ2n) is 5.48. The third-order valence-corrected chi connectivity index (χ3v) is 3.59. The van der Waals surface area contributed by atoms with Gasteiger partial charge in [-0.25, -0.2) is 0 Å². The highest BCUT2D eigenvalue weighted by atomic mass is 16.2. The SMILES string of the molecule is CC(C)[C@H](N)C(=O)NC(C1CC1)C1CC1. The normalized spacial score (nSPS) is 23.3. The molecule has 2 aliphatic carbocycles. The van der Waals surface area contributed by atoms with Gasteiger partial charge in [0, 0.05) is 6.04 Å². The first-order valence-electron chi connectivity index (χ1n) is 6.15. The molecule has 1 atom stereocenters. The highest BCUT2D eigenvalue weighted by Gasteiger charge is 2.42. The minimum Gasteiger partial charge on any atom is -0.351 e. The lowest BCUT2D eigenvalue weighted by Crippen LogP contribution is -2.49. The van der Waals surface area contributed by atoms with Gasteiger partial charge >= 0.3 is 0 Å². The summed E-state index contributed by atoms with van der Waals surface area (Å²) < 4.78 is 0. The smallest absolute Gasteiger partial charge is 0.237 e. The summed E-state index contributed by atoms with van der Waals surface area (Å²) in [6.45, 7) is 3.99. The Bertz CT molecular complexity index is 232. The Morgan fingerprint density at radius 1 is 1.20 bits per heavy atom. The molecule has 0 spiro atoms. The number of hydrogen-bond donors (Lipinski definition) is 2. The molecule has 86 valence electrons.